The van der Waals surface area contributed by atoms with E-state index in [0.717, 1.165) is 28.7 Å². The summed E-state index contributed by atoms with van der Waals surface area (Å²) in [4.78, 5) is 26.1. The van der Waals surface area contributed by atoms with E-state index in [1.165, 1.54) is 6.92 Å². The molecule has 1 saturated heterocycles. The summed E-state index contributed by atoms with van der Waals surface area (Å²) in [6.45, 7) is 1.18. The predicted octanol–water partition coefficient (Wildman–Crippen LogP) is 3.59. The van der Waals surface area contributed by atoms with E-state index in [1.807, 2.05) is 30.3 Å². The molecule has 8 heteroatoms. The summed E-state index contributed by atoms with van der Waals surface area (Å²) in [5, 5.41) is 6.34. The van der Waals surface area contributed by atoms with Crippen LogP contribution in [0.2, 0.25) is 0 Å². The molecule has 1 fully saturated rings. The summed E-state index contributed by atoms with van der Waals surface area (Å²) in [5.74, 6) is -1.71. The van der Waals surface area contributed by atoms with Crippen molar-refractivity contribution in [2.75, 3.05) is 0 Å². The van der Waals surface area contributed by atoms with Crippen LogP contribution in [0, 0.1) is 11.6 Å². The molecular formula is C20H15F2N3O3. The van der Waals surface area contributed by atoms with Crippen LogP contribution in [0.1, 0.15) is 18.2 Å². The van der Waals surface area contributed by atoms with Crippen LogP contribution in [0.25, 0.3) is 11.3 Å². The number of imide groups is 1. The van der Waals surface area contributed by atoms with Gasteiger partial charge in [-0.15, -0.1) is 0 Å². The first-order chi connectivity index (χ1) is 13.4. The lowest BCUT2D eigenvalue weighted by atomic mass is 9.91. The van der Waals surface area contributed by atoms with E-state index in [-0.39, 0.29) is 12.1 Å². The highest BCUT2D eigenvalue weighted by Crippen LogP contribution is 2.32. The van der Waals surface area contributed by atoms with Gasteiger partial charge in [-0.05, 0) is 25.1 Å². The minimum atomic E-state index is -1.71. The zero-order valence-corrected chi connectivity index (χ0v) is 14.8. The number of nitrogens with one attached hydrogen (secondary N) is 1. The van der Waals surface area contributed by atoms with Crippen molar-refractivity contribution in [3.63, 3.8) is 0 Å². The number of aromatic nitrogens is 1. The van der Waals surface area contributed by atoms with E-state index in [4.69, 9.17) is 4.52 Å². The number of hydrogen-bond donors (Lipinski definition) is 1. The molecule has 1 N–H and O–H groups in total. The fraction of sp³-hybridized carbons (Fsp3) is 0.150. The molecule has 1 atom stereocenters. The van der Waals surface area contributed by atoms with E-state index in [9.17, 15) is 18.4 Å². The van der Waals surface area contributed by atoms with Crippen LogP contribution in [-0.2, 0) is 16.9 Å². The number of hydrogen-bond acceptors (Lipinski definition) is 4. The van der Waals surface area contributed by atoms with Gasteiger partial charge in [-0.3, -0.25) is 9.69 Å². The summed E-state index contributed by atoms with van der Waals surface area (Å²) in [6.07, 6.45) is 0. The van der Waals surface area contributed by atoms with Gasteiger partial charge >= 0.3 is 6.03 Å². The number of nitrogens with zero attached hydrogens (tertiary/aromatic N) is 2. The summed E-state index contributed by atoms with van der Waals surface area (Å²) >= 11 is 0. The monoisotopic (exact) mass is 383 g/mol. The molecule has 1 aliphatic rings. The van der Waals surface area contributed by atoms with Crippen molar-refractivity contribution in [3.8, 4) is 11.3 Å². The van der Waals surface area contributed by atoms with Gasteiger partial charge in [-0.1, -0.05) is 35.5 Å². The molecule has 0 radical (unpaired) electrons. The Kier molecular flexibility index (Phi) is 4.18. The summed E-state index contributed by atoms with van der Waals surface area (Å²) in [6, 6.07) is 12.9. The summed E-state index contributed by atoms with van der Waals surface area (Å²) < 4.78 is 33.0. The average Bonchev–Trinajstić information content (AvgIpc) is 3.24. The van der Waals surface area contributed by atoms with Gasteiger partial charge in [0.1, 0.15) is 22.9 Å². The van der Waals surface area contributed by atoms with E-state index >= 15 is 0 Å². The fourth-order valence-corrected chi connectivity index (χ4v) is 3.19. The molecule has 2 aromatic carbocycles. The molecule has 0 aliphatic carbocycles. The Balaban J connectivity index is 1.60. The quantitative estimate of drug-likeness (QED) is 0.699. The first-order valence-electron chi connectivity index (χ1n) is 8.49. The van der Waals surface area contributed by atoms with Crippen LogP contribution in [0.15, 0.2) is 59.1 Å². The second-order valence-electron chi connectivity index (χ2n) is 6.62. The largest absolute Gasteiger partial charge is 0.356 e. The van der Waals surface area contributed by atoms with Crippen LogP contribution < -0.4 is 5.32 Å². The highest BCUT2D eigenvalue weighted by Gasteiger charge is 2.50. The molecular weight excluding hydrogens is 368 g/mol. The highest BCUT2D eigenvalue weighted by molar-refractivity contribution is 6.07. The molecule has 0 bridgehead atoms. The van der Waals surface area contributed by atoms with Gasteiger partial charge in [0.05, 0.1) is 6.54 Å². The molecule has 0 spiro atoms. The molecule has 0 saturated carbocycles. The molecule has 1 aromatic heterocycles. The van der Waals surface area contributed by atoms with E-state index in [0.29, 0.717) is 11.5 Å². The van der Waals surface area contributed by atoms with Gasteiger partial charge in [-0.2, -0.15) is 0 Å². The van der Waals surface area contributed by atoms with Crippen molar-refractivity contribution >= 4 is 11.9 Å². The minimum Gasteiger partial charge on any atom is -0.356 e. The van der Waals surface area contributed by atoms with Crippen molar-refractivity contribution in [1.29, 1.82) is 0 Å². The molecule has 142 valence electrons. The standard InChI is InChI=1S/C20H15F2N3O3/c1-20(15-9-13(21)7-8-16(15)22)18(26)25(19(27)23-20)11-14-10-17(28-24-14)12-5-3-2-4-6-12/h2-10H,11H2,1H3,(H,23,27). The fourth-order valence-electron chi connectivity index (χ4n) is 3.19. The Labute approximate surface area is 158 Å². The van der Waals surface area contributed by atoms with Crippen molar-refractivity contribution in [2.45, 2.75) is 19.0 Å². The zero-order valence-electron chi connectivity index (χ0n) is 14.8. The minimum absolute atomic E-state index is 0.159. The van der Waals surface area contributed by atoms with E-state index < -0.39 is 29.1 Å². The van der Waals surface area contributed by atoms with Gasteiger partial charge in [0.25, 0.3) is 5.91 Å². The lowest BCUT2D eigenvalue weighted by molar-refractivity contribution is -0.131. The van der Waals surface area contributed by atoms with Gasteiger partial charge in [0.15, 0.2) is 5.76 Å². The number of urea groups is 1. The SMILES string of the molecule is CC1(c2cc(F)ccc2F)NC(=O)N(Cc2cc(-c3ccccc3)on2)C1=O. The Morgan fingerprint density at radius 2 is 1.86 bits per heavy atom. The Hall–Kier alpha value is -3.55. The number of carbonyl (C=O) groups is 2. The second kappa shape index (κ2) is 6.56. The van der Waals surface area contributed by atoms with Gasteiger partial charge < -0.3 is 9.84 Å². The van der Waals surface area contributed by atoms with Crippen LogP contribution >= 0.6 is 0 Å². The number of benzene rings is 2. The molecule has 3 amide bonds. The third-order valence-electron chi connectivity index (χ3n) is 4.68. The van der Waals surface area contributed by atoms with Crippen LogP contribution in [0.3, 0.4) is 0 Å². The Morgan fingerprint density at radius 3 is 2.61 bits per heavy atom. The molecule has 3 aromatic rings. The number of carbonyl (C=O) groups excluding carboxylic acids is 2. The summed E-state index contributed by atoms with van der Waals surface area (Å²) in [7, 11) is 0. The number of halogens is 2. The molecule has 1 unspecified atom stereocenters. The second-order valence-corrected chi connectivity index (χ2v) is 6.62. The van der Waals surface area contributed by atoms with E-state index in [2.05, 4.69) is 10.5 Å². The van der Waals surface area contributed by atoms with Crippen molar-refractivity contribution < 1.29 is 22.9 Å². The average molecular weight is 383 g/mol. The number of rotatable bonds is 4. The van der Waals surface area contributed by atoms with Crippen molar-refractivity contribution in [2.24, 2.45) is 0 Å². The lowest BCUT2D eigenvalue weighted by Crippen LogP contribution is -2.41. The van der Waals surface area contributed by atoms with Crippen LogP contribution in [0.4, 0.5) is 13.6 Å². The molecule has 6 nitrogen and oxygen atoms in total. The van der Waals surface area contributed by atoms with E-state index in [1.54, 1.807) is 6.07 Å². The van der Waals surface area contributed by atoms with Crippen LogP contribution in [-0.4, -0.2) is 22.0 Å². The number of amides is 3. The van der Waals surface area contributed by atoms with Gasteiger partial charge in [0.2, 0.25) is 0 Å². The maximum Gasteiger partial charge on any atom is 0.325 e. The molecule has 4 rings (SSSR count). The predicted molar refractivity (Wildman–Crippen MR) is 94.7 cm³/mol. The normalized spacial score (nSPS) is 19.2. The first kappa shape index (κ1) is 17.8. The molecule has 28 heavy (non-hydrogen) atoms. The third-order valence-corrected chi connectivity index (χ3v) is 4.68. The van der Waals surface area contributed by atoms with Crippen LogP contribution in [0.5, 0.6) is 0 Å². The Morgan fingerprint density at radius 1 is 1.11 bits per heavy atom. The lowest BCUT2D eigenvalue weighted by Gasteiger charge is -2.22. The Bertz CT molecular complexity index is 1070. The highest BCUT2D eigenvalue weighted by atomic mass is 19.1. The smallest absolute Gasteiger partial charge is 0.325 e. The summed E-state index contributed by atoms with van der Waals surface area (Å²) in [5.41, 5.74) is -0.801. The van der Waals surface area contributed by atoms with Crippen molar-refractivity contribution in [1.82, 2.24) is 15.4 Å². The molecule has 2 heterocycles. The first-order valence-corrected chi connectivity index (χ1v) is 8.49. The zero-order chi connectivity index (χ0) is 19.9. The molecule has 1 aliphatic heterocycles. The van der Waals surface area contributed by atoms with Gasteiger partial charge in [0, 0.05) is 17.2 Å². The topological polar surface area (TPSA) is 75.4 Å². The third kappa shape index (κ3) is 2.92. The van der Waals surface area contributed by atoms with Gasteiger partial charge in [-0.25, -0.2) is 13.6 Å². The maximum absolute atomic E-state index is 14.2. The maximum atomic E-state index is 14.2. The van der Waals surface area contributed by atoms with Crippen molar-refractivity contribution in [3.05, 3.63) is 77.5 Å².